The van der Waals surface area contributed by atoms with Gasteiger partial charge in [0.25, 0.3) is 0 Å². The first kappa shape index (κ1) is 11.8. The lowest BCUT2D eigenvalue weighted by Gasteiger charge is -2.08. The first-order valence-electron chi connectivity index (χ1n) is 5.19. The summed E-state index contributed by atoms with van der Waals surface area (Å²) in [6.07, 6.45) is 1.88. The van der Waals surface area contributed by atoms with Crippen LogP contribution in [0.5, 0.6) is 0 Å². The second-order valence-corrected chi connectivity index (χ2v) is 4.70. The maximum atomic E-state index is 11.9. The summed E-state index contributed by atoms with van der Waals surface area (Å²) in [5.74, 6) is 0.401. The molecule has 2 heterocycles. The Kier molecular flexibility index (Phi) is 3.51. The Morgan fingerprint density at radius 3 is 2.94 bits per heavy atom. The fourth-order valence-electron chi connectivity index (χ4n) is 1.54. The molecule has 0 saturated heterocycles. The summed E-state index contributed by atoms with van der Waals surface area (Å²) < 4.78 is 0. The van der Waals surface area contributed by atoms with Crippen LogP contribution in [0.15, 0.2) is 35.8 Å². The van der Waals surface area contributed by atoms with Crippen molar-refractivity contribution in [2.45, 2.75) is 12.5 Å². The SMILES string of the molecule is Nc1cc(CC(=O)C(N)c2cccs2)ccn1. The first-order valence-corrected chi connectivity index (χ1v) is 6.07. The van der Waals surface area contributed by atoms with Gasteiger partial charge in [-0.1, -0.05) is 6.07 Å². The average molecular weight is 247 g/mol. The van der Waals surface area contributed by atoms with Gasteiger partial charge in [0.15, 0.2) is 5.78 Å². The van der Waals surface area contributed by atoms with Gasteiger partial charge in [-0.25, -0.2) is 4.98 Å². The summed E-state index contributed by atoms with van der Waals surface area (Å²) in [7, 11) is 0. The number of carbonyl (C=O) groups is 1. The molecule has 4 nitrogen and oxygen atoms in total. The number of Topliss-reactive ketones (excluding diaryl/α,β-unsaturated/α-hetero) is 1. The van der Waals surface area contributed by atoms with Crippen LogP contribution in [0.3, 0.4) is 0 Å². The minimum atomic E-state index is -0.551. The average Bonchev–Trinajstić information content (AvgIpc) is 2.81. The van der Waals surface area contributed by atoms with E-state index in [-0.39, 0.29) is 12.2 Å². The number of nitrogens with zero attached hydrogens (tertiary/aromatic N) is 1. The molecule has 0 aliphatic heterocycles. The molecule has 5 heteroatoms. The number of thiophene rings is 1. The van der Waals surface area contributed by atoms with E-state index < -0.39 is 6.04 Å². The topological polar surface area (TPSA) is 82.0 Å². The summed E-state index contributed by atoms with van der Waals surface area (Å²) in [5, 5.41) is 1.91. The lowest BCUT2D eigenvalue weighted by Crippen LogP contribution is -2.22. The van der Waals surface area contributed by atoms with Crippen molar-refractivity contribution in [3.63, 3.8) is 0 Å². The number of carbonyl (C=O) groups excluding carboxylic acids is 1. The summed E-state index contributed by atoms with van der Waals surface area (Å²) >= 11 is 1.49. The Balaban J connectivity index is 2.07. The Bertz CT molecular complexity index is 510. The zero-order valence-corrected chi connectivity index (χ0v) is 9.98. The molecule has 0 fully saturated rings. The molecule has 0 bridgehead atoms. The summed E-state index contributed by atoms with van der Waals surface area (Å²) in [6, 6.07) is 6.67. The minimum absolute atomic E-state index is 0.0157. The molecule has 2 aromatic heterocycles. The highest BCUT2D eigenvalue weighted by Crippen LogP contribution is 2.19. The fraction of sp³-hybridized carbons (Fsp3) is 0.167. The molecule has 0 aromatic carbocycles. The van der Waals surface area contributed by atoms with Crippen LogP contribution >= 0.6 is 11.3 Å². The molecule has 0 spiro atoms. The second-order valence-electron chi connectivity index (χ2n) is 3.73. The number of hydrogen-bond donors (Lipinski definition) is 2. The smallest absolute Gasteiger partial charge is 0.159 e. The van der Waals surface area contributed by atoms with Crippen molar-refractivity contribution in [3.8, 4) is 0 Å². The number of pyridine rings is 1. The van der Waals surface area contributed by atoms with Crippen LogP contribution in [0.4, 0.5) is 5.82 Å². The summed E-state index contributed by atoms with van der Waals surface area (Å²) in [4.78, 5) is 16.7. The monoisotopic (exact) mass is 247 g/mol. The highest BCUT2D eigenvalue weighted by molar-refractivity contribution is 7.10. The van der Waals surface area contributed by atoms with E-state index in [0.717, 1.165) is 10.4 Å². The summed E-state index contributed by atoms with van der Waals surface area (Å²) in [5.41, 5.74) is 12.3. The first-order chi connectivity index (χ1) is 8.16. The number of ketones is 1. The third kappa shape index (κ3) is 2.89. The molecule has 17 heavy (non-hydrogen) atoms. The van der Waals surface area contributed by atoms with E-state index in [1.165, 1.54) is 11.3 Å². The molecule has 88 valence electrons. The van der Waals surface area contributed by atoms with Gasteiger partial charge in [0, 0.05) is 17.5 Å². The van der Waals surface area contributed by atoms with E-state index >= 15 is 0 Å². The normalized spacial score (nSPS) is 12.3. The summed E-state index contributed by atoms with van der Waals surface area (Å²) in [6.45, 7) is 0. The third-order valence-corrected chi connectivity index (χ3v) is 3.38. The van der Waals surface area contributed by atoms with Crippen LogP contribution in [0.1, 0.15) is 16.5 Å². The van der Waals surface area contributed by atoms with Gasteiger partial charge in [0.2, 0.25) is 0 Å². The quantitative estimate of drug-likeness (QED) is 0.858. The van der Waals surface area contributed by atoms with Crippen molar-refractivity contribution < 1.29 is 4.79 Å². The lowest BCUT2D eigenvalue weighted by atomic mass is 10.0. The standard InChI is InChI=1S/C12H13N3OS/c13-11-7-8(3-4-15-11)6-9(16)12(14)10-2-1-5-17-10/h1-5,7,12H,6,14H2,(H2,13,15). The van der Waals surface area contributed by atoms with E-state index in [4.69, 9.17) is 11.5 Å². The maximum absolute atomic E-state index is 11.9. The van der Waals surface area contributed by atoms with Crippen LogP contribution in [-0.2, 0) is 11.2 Å². The van der Waals surface area contributed by atoms with Crippen LogP contribution < -0.4 is 11.5 Å². The van der Waals surface area contributed by atoms with Gasteiger partial charge in [-0.2, -0.15) is 0 Å². The number of nitrogen functional groups attached to an aromatic ring is 1. The van der Waals surface area contributed by atoms with Gasteiger partial charge in [-0.15, -0.1) is 11.3 Å². The number of nitrogens with two attached hydrogens (primary N) is 2. The van der Waals surface area contributed by atoms with E-state index in [9.17, 15) is 4.79 Å². The number of aromatic nitrogens is 1. The predicted octanol–water partition coefficient (Wildman–Crippen LogP) is 1.54. The second kappa shape index (κ2) is 5.07. The zero-order chi connectivity index (χ0) is 12.3. The third-order valence-electron chi connectivity index (χ3n) is 2.42. The molecule has 0 radical (unpaired) electrons. The lowest BCUT2D eigenvalue weighted by molar-refractivity contribution is -0.119. The predicted molar refractivity (Wildman–Crippen MR) is 68.6 cm³/mol. The van der Waals surface area contributed by atoms with Crippen LogP contribution in [-0.4, -0.2) is 10.8 Å². The Labute approximate surface area is 103 Å². The van der Waals surface area contributed by atoms with Crippen LogP contribution in [0.25, 0.3) is 0 Å². The number of rotatable bonds is 4. The van der Waals surface area contributed by atoms with Gasteiger partial charge in [0.05, 0.1) is 6.04 Å². The molecular weight excluding hydrogens is 234 g/mol. The van der Waals surface area contributed by atoms with Gasteiger partial charge in [-0.05, 0) is 29.1 Å². The minimum Gasteiger partial charge on any atom is -0.384 e. The number of anilines is 1. The van der Waals surface area contributed by atoms with E-state index in [2.05, 4.69) is 4.98 Å². The molecule has 0 aliphatic carbocycles. The van der Waals surface area contributed by atoms with Crippen molar-refractivity contribution in [1.82, 2.24) is 4.98 Å². The molecule has 1 unspecified atom stereocenters. The maximum Gasteiger partial charge on any atom is 0.159 e. The Morgan fingerprint density at radius 2 is 2.29 bits per heavy atom. The van der Waals surface area contributed by atoms with Crippen molar-refractivity contribution in [1.29, 1.82) is 0 Å². The molecule has 4 N–H and O–H groups in total. The Morgan fingerprint density at radius 1 is 1.47 bits per heavy atom. The molecule has 2 aromatic rings. The van der Waals surface area contributed by atoms with Crippen molar-refractivity contribution in [2.75, 3.05) is 5.73 Å². The van der Waals surface area contributed by atoms with Gasteiger partial charge in [0.1, 0.15) is 5.82 Å². The highest BCUT2D eigenvalue weighted by Gasteiger charge is 2.16. The fourth-order valence-corrected chi connectivity index (χ4v) is 2.29. The van der Waals surface area contributed by atoms with Crippen molar-refractivity contribution >= 4 is 22.9 Å². The van der Waals surface area contributed by atoms with E-state index in [0.29, 0.717) is 5.82 Å². The van der Waals surface area contributed by atoms with Crippen molar-refractivity contribution in [3.05, 3.63) is 46.3 Å². The molecule has 1 atom stereocenters. The molecule has 0 saturated carbocycles. The van der Waals surface area contributed by atoms with Gasteiger partial charge >= 0.3 is 0 Å². The molecule has 2 rings (SSSR count). The molecule has 0 aliphatic rings. The van der Waals surface area contributed by atoms with E-state index in [1.807, 2.05) is 17.5 Å². The molecule has 0 amide bonds. The van der Waals surface area contributed by atoms with Gasteiger partial charge < -0.3 is 11.5 Å². The van der Waals surface area contributed by atoms with Crippen LogP contribution in [0.2, 0.25) is 0 Å². The highest BCUT2D eigenvalue weighted by atomic mass is 32.1. The zero-order valence-electron chi connectivity index (χ0n) is 9.17. The van der Waals surface area contributed by atoms with Crippen molar-refractivity contribution in [2.24, 2.45) is 5.73 Å². The van der Waals surface area contributed by atoms with Gasteiger partial charge in [-0.3, -0.25) is 4.79 Å². The Hall–Kier alpha value is -1.72. The largest absolute Gasteiger partial charge is 0.384 e. The molecular formula is C12H13N3OS. The van der Waals surface area contributed by atoms with E-state index in [1.54, 1.807) is 18.3 Å². The number of hydrogen-bond acceptors (Lipinski definition) is 5. The van der Waals surface area contributed by atoms with Crippen LogP contribution in [0, 0.1) is 0 Å².